The second-order valence-corrected chi connectivity index (χ2v) is 5.18. The predicted octanol–water partition coefficient (Wildman–Crippen LogP) is 3.67. The number of rotatable bonds is 4. The third kappa shape index (κ3) is 3.35. The Morgan fingerprint density at radius 1 is 1.17 bits per heavy atom. The van der Waals surface area contributed by atoms with Crippen molar-refractivity contribution in [3.05, 3.63) is 57.4 Å². The topological polar surface area (TPSA) is 38.0 Å². The Labute approximate surface area is 120 Å². The Bertz CT molecular complexity index is 529. The van der Waals surface area contributed by atoms with Gasteiger partial charge >= 0.3 is 0 Å². The Morgan fingerprint density at radius 3 is 2.61 bits per heavy atom. The van der Waals surface area contributed by atoms with Crippen LogP contribution in [0.3, 0.4) is 0 Å². The normalized spacial score (nSPS) is 10.3. The largest absolute Gasteiger partial charge is 0.397 e. The van der Waals surface area contributed by atoms with Gasteiger partial charge in [-0.1, -0.05) is 30.3 Å². The Balaban J connectivity index is 1.97. The van der Waals surface area contributed by atoms with Gasteiger partial charge in [0.25, 0.3) is 0 Å². The number of nitrogen functional groups attached to an aromatic ring is 1. The zero-order valence-corrected chi connectivity index (χ0v) is 11.9. The van der Waals surface area contributed by atoms with Gasteiger partial charge in [-0.15, -0.1) is 0 Å². The summed E-state index contributed by atoms with van der Waals surface area (Å²) in [5, 5.41) is 3.16. The van der Waals surface area contributed by atoms with E-state index in [0.717, 1.165) is 13.0 Å². The van der Waals surface area contributed by atoms with Crippen molar-refractivity contribution in [1.82, 2.24) is 0 Å². The fraction of sp³-hybridized carbons (Fsp3) is 0.143. The molecule has 0 atom stereocenters. The number of nitrogens with two attached hydrogens (primary N) is 1. The fourth-order valence-corrected chi connectivity index (χ4v) is 2.19. The lowest BCUT2D eigenvalue weighted by molar-refractivity contribution is 0.621. The van der Waals surface area contributed by atoms with Crippen molar-refractivity contribution in [2.45, 2.75) is 6.42 Å². The van der Waals surface area contributed by atoms with Crippen molar-refractivity contribution >= 4 is 34.0 Å². The molecule has 4 heteroatoms. The molecule has 0 aliphatic heterocycles. The van der Waals surface area contributed by atoms with Crippen LogP contribution in [0, 0.1) is 9.39 Å². The van der Waals surface area contributed by atoms with Crippen LogP contribution in [-0.4, -0.2) is 6.54 Å². The number of halogens is 2. The summed E-state index contributed by atoms with van der Waals surface area (Å²) in [5.41, 5.74) is 8.31. The molecule has 3 N–H and O–H groups in total. The Kier molecular flexibility index (Phi) is 4.41. The summed E-state index contributed by atoms with van der Waals surface area (Å²) in [4.78, 5) is 0. The van der Waals surface area contributed by atoms with Gasteiger partial charge in [-0.05, 0) is 40.6 Å². The molecule has 0 aromatic heterocycles. The summed E-state index contributed by atoms with van der Waals surface area (Å²) < 4.78 is 13.9. The van der Waals surface area contributed by atoms with E-state index in [0.29, 0.717) is 14.9 Å². The first-order valence-electron chi connectivity index (χ1n) is 5.69. The van der Waals surface area contributed by atoms with Crippen LogP contribution in [0.15, 0.2) is 42.5 Å². The van der Waals surface area contributed by atoms with E-state index in [4.69, 9.17) is 5.73 Å². The number of benzene rings is 2. The molecule has 2 aromatic rings. The molecular weight excluding hydrogens is 342 g/mol. The molecule has 0 amide bonds. The molecule has 18 heavy (non-hydrogen) atoms. The zero-order chi connectivity index (χ0) is 13.0. The molecule has 0 radical (unpaired) electrons. The van der Waals surface area contributed by atoms with Crippen LogP contribution in [0.5, 0.6) is 0 Å². The molecule has 2 nitrogen and oxygen atoms in total. The van der Waals surface area contributed by atoms with E-state index < -0.39 is 0 Å². The summed E-state index contributed by atoms with van der Waals surface area (Å²) in [6.07, 6.45) is 0.883. The van der Waals surface area contributed by atoms with E-state index in [-0.39, 0.29) is 5.82 Å². The molecule has 0 saturated carbocycles. The molecule has 0 aliphatic rings. The van der Waals surface area contributed by atoms with E-state index in [2.05, 4.69) is 17.4 Å². The van der Waals surface area contributed by atoms with Gasteiger partial charge in [0.2, 0.25) is 0 Å². The van der Waals surface area contributed by atoms with E-state index >= 15 is 0 Å². The van der Waals surface area contributed by atoms with Gasteiger partial charge in [0.05, 0.1) is 14.9 Å². The van der Waals surface area contributed by atoms with Crippen molar-refractivity contribution in [2.75, 3.05) is 17.6 Å². The van der Waals surface area contributed by atoms with Crippen molar-refractivity contribution in [3.63, 3.8) is 0 Å². The second-order valence-electron chi connectivity index (χ2n) is 4.02. The fourth-order valence-electron chi connectivity index (χ4n) is 1.70. The maximum Gasteiger partial charge on any atom is 0.138 e. The molecule has 94 valence electrons. The molecule has 2 aromatic carbocycles. The van der Waals surface area contributed by atoms with Crippen LogP contribution in [0.2, 0.25) is 0 Å². The quantitative estimate of drug-likeness (QED) is 0.648. The third-order valence-corrected chi connectivity index (χ3v) is 3.49. The van der Waals surface area contributed by atoms with E-state index in [9.17, 15) is 4.39 Å². The molecule has 0 bridgehead atoms. The van der Waals surface area contributed by atoms with Gasteiger partial charge in [0.15, 0.2) is 0 Å². The maximum atomic E-state index is 13.4. The van der Waals surface area contributed by atoms with E-state index in [1.165, 1.54) is 11.6 Å². The molecule has 0 aliphatic carbocycles. The summed E-state index contributed by atoms with van der Waals surface area (Å²) in [5.74, 6) is -0.244. The highest BCUT2D eigenvalue weighted by Gasteiger charge is 2.05. The molecule has 0 unspecified atom stereocenters. The number of anilines is 2. The number of hydrogen-bond donors (Lipinski definition) is 2. The Hall–Kier alpha value is -1.30. The Morgan fingerprint density at radius 2 is 1.89 bits per heavy atom. The third-order valence-electron chi connectivity index (χ3n) is 2.66. The van der Waals surface area contributed by atoms with Crippen molar-refractivity contribution < 1.29 is 4.39 Å². The smallest absolute Gasteiger partial charge is 0.138 e. The summed E-state index contributed by atoms with van der Waals surface area (Å²) in [6.45, 7) is 0.730. The second kappa shape index (κ2) is 6.04. The number of nitrogens with one attached hydrogen (secondary N) is 1. The lowest BCUT2D eigenvalue weighted by atomic mass is 10.1. The predicted molar refractivity (Wildman–Crippen MR) is 82.2 cm³/mol. The summed E-state index contributed by atoms with van der Waals surface area (Å²) in [7, 11) is 0. The minimum Gasteiger partial charge on any atom is -0.397 e. The standard InChI is InChI=1S/C14H14FIN2/c15-11-8-14(13(17)9-12(11)16)18-7-6-10-4-2-1-3-5-10/h1-5,8-9,18H,6-7,17H2. The SMILES string of the molecule is Nc1cc(I)c(F)cc1NCCc1ccccc1. The molecule has 2 rings (SSSR count). The van der Waals surface area contributed by atoms with Gasteiger partial charge in [0.1, 0.15) is 5.82 Å². The van der Waals surface area contributed by atoms with Gasteiger partial charge in [0, 0.05) is 12.6 Å². The first-order valence-corrected chi connectivity index (χ1v) is 6.77. The van der Waals surface area contributed by atoms with Gasteiger partial charge in [-0.2, -0.15) is 0 Å². The lowest BCUT2D eigenvalue weighted by Crippen LogP contribution is -2.07. The monoisotopic (exact) mass is 356 g/mol. The lowest BCUT2D eigenvalue weighted by Gasteiger charge is -2.10. The minimum absolute atomic E-state index is 0.244. The minimum atomic E-state index is -0.244. The highest BCUT2D eigenvalue weighted by molar-refractivity contribution is 14.1. The molecule has 0 saturated heterocycles. The highest BCUT2D eigenvalue weighted by atomic mass is 127. The summed E-state index contributed by atoms with van der Waals surface area (Å²) in [6, 6.07) is 13.2. The molecule has 0 spiro atoms. The number of hydrogen-bond acceptors (Lipinski definition) is 2. The van der Waals surface area contributed by atoms with Gasteiger partial charge in [-0.25, -0.2) is 4.39 Å². The zero-order valence-electron chi connectivity index (χ0n) is 9.79. The average Bonchev–Trinajstić information content (AvgIpc) is 2.37. The van der Waals surface area contributed by atoms with E-state index in [1.54, 1.807) is 6.07 Å². The van der Waals surface area contributed by atoms with Crippen LogP contribution < -0.4 is 11.1 Å². The van der Waals surface area contributed by atoms with Crippen LogP contribution in [0.1, 0.15) is 5.56 Å². The van der Waals surface area contributed by atoms with Crippen LogP contribution in [0.25, 0.3) is 0 Å². The van der Waals surface area contributed by atoms with Crippen molar-refractivity contribution in [3.8, 4) is 0 Å². The first kappa shape index (κ1) is 13.1. The van der Waals surface area contributed by atoms with Crippen LogP contribution >= 0.6 is 22.6 Å². The van der Waals surface area contributed by atoms with Crippen molar-refractivity contribution in [1.29, 1.82) is 0 Å². The van der Waals surface area contributed by atoms with Crippen LogP contribution in [0.4, 0.5) is 15.8 Å². The molecule has 0 fully saturated rings. The summed E-state index contributed by atoms with van der Waals surface area (Å²) >= 11 is 1.93. The molecular formula is C14H14FIN2. The van der Waals surface area contributed by atoms with Crippen LogP contribution in [-0.2, 0) is 6.42 Å². The van der Waals surface area contributed by atoms with Gasteiger partial charge < -0.3 is 11.1 Å². The van der Waals surface area contributed by atoms with Gasteiger partial charge in [-0.3, -0.25) is 0 Å². The average molecular weight is 356 g/mol. The van der Waals surface area contributed by atoms with Crippen molar-refractivity contribution in [2.24, 2.45) is 0 Å². The maximum absolute atomic E-state index is 13.4. The first-order chi connectivity index (χ1) is 8.66. The molecule has 0 heterocycles. The highest BCUT2D eigenvalue weighted by Crippen LogP contribution is 2.23. The van der Waals surface area contributed by atoms with E-state index in [1.807, 2.05) is 40.8 Å².